The predicted molar refractivity (Wildman–Crippen MR) is 85.8 cm³/mol. The highest BCUT2D eigenvalue weighted by molar-refractivity contribution is 14.1. The van der Waals surface area contributed by atoms with Crippen LogP contribution in [-0.2, 0) is 6.42 Å². The molecule has 0 spiro atoms. The quantitative estimate of drug-likeness (QED) is 0.499. The van der Waals surface area contributed by atoms with Crippen LogP contribution in [0.5, 0.6) is 0 Å². The van der Waals surface area contributed by atoms with Gasteiger partial charge in [0, 0.05) is 8.90 Å². The monoisotopic (exact) mass is 400 g/mol. The maximum absolute atomic E-state index is 3.62. The van der Waals surface area contributed by atoms with Gasteiger partial charge < -0.3 is 0 Å². The van der Waals surface area contributed by atoms with Gasteiger partial charge in [-0.15, -0.1) is 0 Å². The molecule has 0 N–H and O–H groups in total. The van der Waals surface area contributed by atoms with Crippen LogP contribution < -0.4 is 0 Å². The minimum Gasteiger partial charge on any atom is -0.0921 e. The maximum Gasteiger partial charge on any atom is 0.0130 e. The van der Waals surface area contributed by atoms with Crippen LogP contribution in [0.25, 0.3) is 0 Å². The summed E-state index contributed by atoms with van der Waals surface area (Å²) in [4.78, 5) is 0. The fourth-order valence-electron chi connectivity index (χ4n) is 1.89. The molecule has 0 amide bonds. The summed E-state index contributed by atoms with van der Waals surface area (Å²) in [6, 6.07) is 19.5. The van der Waals surface area contributed by atoms with Crippen molar-refractivity contribution in [3.8, 4) is 0 Å². The van der Waals surface area contributed by atoms with Gasteiger partial charge in [-0.2, -0.15) is 0 Å². The third-order valence-electron chi connectivity index (χ3n) is 2.85. The number of hydrogen-bond donors (Lipinski definition) is 0. The Kier molecular flexibility index (Phi) is 5.04. The van der Waals surface area contributed by atoms with E-state index in [2.05, 4.69) is 93.1 Å². The van der Waals surface area contributed by atoms with Crippen LogP contribution in [0.1, 0.15) is 17.0 Å². The second kappa shape index (κ2) is 6.55. The predicted octanol–water partition coefficient (Wildman–Crippen LogP) is 5.01. The first-order chi connectivity index (χ1) is 8.29. The van der Waals surface area contributed by atoms with Gasteiger partial charge in [0.25, 0.3) is 0 Å². The zero-order valence-corrected chi connectivity index (χ0v) is 13.2. The highest BCUT2D eigenvalue weighted by Gasteiger charge is 2.10. The van der Waals surface area contributed by atoms with E-state index in [9.17, 15) is 0 Å². The molecule has 0 fully saturated rings. The number of rotatable bonds is 4. The van der Waals surface area contributed by atoms with E-state index in [1.165, 1.54) is 14.7 Å². The van der Waals surface area contributed by atoms with Crippen molar-refractivity contribution in [3.63, 3.8) is 0 Å². The lowest BCUT2D eigenvalue weighted by Crippen LogP contribution is -2.04. The van der Waals surface area contributed by atoms with Crippen molar-refractivity contribution in [2.45, 2.75) is 12.3 Å². The van der Waals surface area contributed by atoms with Crippen LogP contribution in [-0.4, -0.2) is 5.33 Å². The summed E-state index contributed by atoms with van der Waals surface area (Å²) in [6.07, 6.45) is 1.09. The number of benzene rings is 2. The Morgan fingerprint density at radius 1 is 0.941 bits per heavy atom. The summed E-state index contributed by atoms with van der Waals surface area (Å²) < 4.78 is 1.29. The summed E-state index contributed by atoms with van der Waals surface area (Å²) in [7, 11) is 0. The molecule has 2 aromatic rings. The Morgan fingerprint density at radius 2 is 1.59 bits per heavy atom. The summed E-state index contributed by atoms with van der Waals surface area (Å²) >= 11 is 5.96. The molecule has 0 radical (unpaired) electrons. The zero-order valence-electron chi connectivity index (χ0n) is 9.44. The minimum absolute atomic E-state index is 0.552. The lowest BCUT2D eigenvalue weighted by molar-refractivity contribution is 0.775. The van der Waals surface area contributed by atoms with Gasteiger partial charge in [0.05, 0.1) is 0 Å². The molecule has 1 atom stereocenters. The molecule has 0 saturated heterocycles. The molecular formula is C15H14BrI. The third kappa shape index (κ3) is 3.81. The van der Waals surface area contributed by atoms with Crippen molar-refractivity contribution in [1.29, 1.82) is 0 Å². The highest BCUT2D eigenvalue weighted by Crippen LogP contribution is 2.23. The van der Waals surface area contributed by atoms with E-state index in [1.807, 2.05) is 0 Å². The Hall–Kier alpha value is -0.350. The molecule has 0 aromatic heterocycles. The first-order valence-corrected chi connectivity index (χ1v) is 7.85. The average Bonchev–Trinajstić information content (AvgIpc) is 2.39. The van der Waals surface area contributed by atoms with E-state index >= 15 is 0 Å². The van der Waals surface area contributed by atoms with Crippen molar-refractivity contribution in [3.05, 3.63) is 69.3 Å². The second-order valence-corrected chi connectivity index (χ2v) is 5.99. The lowest BCUT2D eigenvalue weighted by Gasteiger charge is -2.14. The first-order valence-electron chi connectivity index (χ1n) is 5.65. The molecule has 2 heteroatoms. The van der Waals surface area contributed by atoms with Gasteiger partial charge in [-0.25, -0.2) is 0 Å². The fraction of sp³-hybridized carbons (Fsp3) is 0.200. The molecule has 2 rings (SSSR count). The Balaban J connectivity index is 2.13. The summed E-state index contributed by atoms with van der Waals surface area (Å²) in [6.45, 7) is 0. The van der Waals surface area contributed by atoms with E-state index in [1.54, 1.807) is 0 Å². The van der Waals surface area contributed by atoms with Crippen molar-refractivity contribution < 1.29 is 0 Å². The highest BCUT2D eigenvalue weighted by atomic mass is 127. The Bertz CT molecular complexity index is 450. The molecule has 17 heavy (non-hydrogen) atoms. The molecular weight excluding hydrogens is 387 g/mol. The smallest absolute Gasteiger partial charge is 0.0130 e. The van der Waals surface area contributed by atoms with E-state index in [0.717, 1.165) is 11.8 Å². The molecule has 0 saturated carbocycles. The van der Waals surface area contributed by atoms with Crippen molar-refractivity contribution in [2.24, 2.45) is 0 Å². The number of halogens is 2. The Labute approximate surface area is 125 Å². The van der Waals surface area contributed by atoms with Gasteiger partial charge in [-0.05, 0) is 58.2 Å². The largest absolute Gasteiger partial charge is 0.0921 e. The van der Waals surface area contributed by atoms with Gasteiger partial charge in [0.15, 0.2) is 0 Å². The van der Waals surface area contributed by atoms with Crippen LogP contribution in [0.4, 0.5) is 0 Å². The molecule has 0 aliphatic rings. The van der Waals surface area contributed by atoms with E-state index in [4.69, 9.17) is 0 Å². The third-order valence-corrected chi connectivity index (χ3v) is 4.35. The van der Waals surface area contributed by atoms with Crippen LogP contribution in [0.2, 0.25) is 0 Å². The Morgan fingerprint density at radius 3 is 2.18 bits per heavy atom. The standard InChI is InChI=1S/C15H14BrI/c16-11-14(13-4-2-1-3-5-13)10-12-6-8-15(17)9-7-12/h1-9,14H,10-11H2. The molecule has 0 aliphatic heterocycles. The second-order valence-electron chi connectivity index (χ2n) is 4.09. The average molecular weight is 401 g/mol. The van der Waals surface area contributed by atoms with Crippen molar-refractivity contribution in [2.75, 3.05) is 5.33 Å². The molecule has 1 unspecified atom stereocenters. The lowest BCUT2D eigenvalue weighted by atomic mass is 9.94. The molecule has 2 aromatic carbocycles. The summed E-state index contributed by atoms with van der Waals surface area (Å²) in [5, 5.41) is 1.00. The van der Waals surface area contributed by atoms with Gasteiger partial charge in [0.2, 0.25) is 0 Å². The molecule has 0 bridgehead atoms. The van der Waals surface area contributed by atoms with Crippen molar-refractivity contribution in [1.82, 2.24) is 0 Å². The van der Waals surface area contributed by atoms with Crippen LogP contribution >= 0.6 is 38.5 Å². The molecule has 0 heterocycles. The van der Waals surface area contributed by atoms with Crippen LogP contribution in [0, 0.1) is 3.57 Å². The first kappa shape index (κ1) is 13.1. The molecule has 88 valence electrons. The van der Waals surface area contributed by atoms with Gasteiger partial charge in [0.1, 0.15) is 0 Å². The van der Waals surface area contributed by atoms with Crippen molar-refractivity contribution >= 4 is 38.5 Å². The zero-order chi connectivity index (χ0) is 12.1. The summed E-state index contributed by atoms with van der Waals surface area (Å²) in [5.74, 6) is 0.552. The maximum atomic E-state index is 3.62. The van der Waals surface area contributed by atoms with Crippen LogP contribution in [0.15, 0.2) is 54.6 Å². The van der Waals surface area contributed by atoms with Crippen LogP contribution in [0.3, 0.4) is 0 Å². The molecule has 0 nitrogen and oxygen atoms in total. The SMILES string of the molecule is BrCC(Cc1ccc(I)cc1)c1ccccc1. The number of hydrogen-bond acceptors (Lipinski definition) is 0. The van der Waals surface area contributed by atoms with E-state index in [0.29, 0.717) is 5.92 Å². The molecule has 0 aliphatic carbocycles. The van der Waals surface area contributed by atoms with Gasteiger partial charge in [-0.1, -0.05) is 58.4 Å². The van der Waals surface area contributed by atoms with Gasteiger partial charge in [-0.3, -0.25) is 0 Å². The normalized spacial score (nSPS) is 12.4. The van der Waals surface area contributed by atoms with E-state index in [-0.39, 0.29) is 0 Å². The summed E-state index contributed by atoms with van der Waals surface area (Å²) in [5.41, 5.74) is 2.81. The van der Waals surface area contributed by atoms with E-state index < -0.39 is 0 Å². The topological polar surface area (TPSA) is 0 Å². The minimum atomic E-state index is 0.552. The van der Waals surface area contributed by atoms with Gasteiger partial charge >= 0.3 is 0 Å². The fourth-order valence-corrected chi connectivity index (χ4v) is 2.85. The number of alkyl halides is 1.